The molecule has 1 aromatic heterocycles. The van der Waals surface area contributed by atoms with E-state index in [4.69, 9.17) is 0 Å². The van der Waals surface area contributed by atoms with E-state index in [2.05, 4.69) is 17.2 Å². The van der Waals surface area contributed by atoms with Crippen molar-refractivity contribution in [1.29, 1.82) is 0 Å². The van der Waals surface area contributed by atoms with Crippen molar-refractivity contribution in [1.82, 2.24) is 9.55 Å². The summed E-state index contributed by atoms with van der Waals surface area (Å²) in [5, 5.41) is 1.07. The first-order valence-corrected chi connectivity index (χ1v) is 2.79. The largest absolute Gasteiger partial charge is 0.272 e. The van der Waals surface area contributed by atoms with Crippen molar-refractivity contribution in [2.75, 3.05) is 0 Å². The van der Waals surface area contributed by atoms with Crippen LogP contribution in [0.3, 0.4) is 0 Å². The molecule has 0 N–H and O–H groups in total. The van der Waals surface area contributed by atoms with Gasteiger partial charge in [0.2, 0.25) is 0 Å². The number of imidazole rings is 1. The second-order valence-electron chi connectivity index (χ2n) is 1.43. The molecular weight excluding hydrogens is 136 g/mol. The molecule has 0 aliphatic carbocycles. The number of nitrogens with zero attached hydrogens (tertiary/aromatic N) is 2. The molecule has 9 heavy (non-hydrogen) atoms. The van der Waals surface area contributed by atoms with Crippen LogP contribution in [0.4, 0.5) is 0 Å². The monoisotopic (exact) mass is 140 g/mol. The zero-order chi connectivity index (χ0) is 6.69. The summed E-state index contributed by atoms with van der Waals surface area (Å²) in [5.74, 6) is -0.234. The van der Waals surface area contributed by atoms with Crippen LogP contribution in [0.5, 0.6) is 0 Å². The Balaban J connectivity index is 2.89. The summed E-state index contributed by atoms with van der Waals surface area (Å²) >= 11 is 4.40. The number of carbonyl (C=O) groups excluding carboxylic acids is 1. The highest BCUT2D eigenvalue weighted by Gasteiger charge is 1.94. The Morgan fingerprint density at radius 2 is 2.56 bits per heavy atom. The van der Waals surface area contributed by atoms with Crippen molar-refractivity contribution in [3.63, 3.8) is 0 Å². The Morgan fingerprint density at radius 3 is 3.00 bits per heavy atom. The van der Waals surface area contributed by atoms with Gasteiger partial charge in [0.05, 0.1) is 5.37 Å². The van der Waals surface area contributed by atoms with Crippen molar-refractivity contribution in [2.24, 2.45) is 0 Å². The van der Waals surface area contributed by atoms with Gasteiger partial charge in [-0.15, -0.1) is 0 Å². The highest BCUT2D eigenvalue weighted by atomic mass is 32.1. The maximum atomic E-state index is 10.6. The van der Waals surface area contributed by atoms with E-state index in [1.807, 2.05) is 0 Å². The van der Waals surface area contributed by atoms with Crippen LogP contribution < -0.4 is 0 Å². The molecule has 0 unspecified atom stereocenters. The molecule has 0 bridgehead atoms. The molecule has 46 valence electrons. The van der Waals surface area contributed by atoms with Crippen LogP contribution in [0.2, 0.25) is 0 Å². The van der Waals surface area contributed by atoms with Crippen LogP contribution in [-0.2, 0) is 0 Å². The van der Waals surface area contributed by atoms with E-state index in [1.165, 1.54) is 17.1 Å². The third-order valence-electron chi connectivity index (χ3n) is 0.860. The molecule has 3 nitrogen and oxygen atoms in total. The molecule has 0 aromatic carbocycles. The van der Waals surface area contributed by atoms with Gasteiger partial charge in [0.1, 0.15) is 6.33 Å². The minimum atomic E-state index is -0.234. The third-order valence-corrected chi connectivity index (χ3v) is 1.06. The van der Waals surface area contributed by atoms with Gasteiger partial charge in [-0.05, 0) is 0 Å². The summed E-state index contributed by atoms with van der Waals surface area (Å²) in [4.78, 5) is 14.3. The van der Waals surface area contributed by atoms with E-state index in [0.717, 1.165) is 5.37 Å². The van der Waals surface area contributed by atoms with E-state index < -0.39 is 0 Å². The lowest BCUT2D eigenvalue weighted by molar-refractivity contribution is 0.0998. The molecule has 0 saturated carbocycles. The minimum absolute atomic E-state index is 0.234. The molecule has 4 heteroatoms. The first-order valence-electron chi connectivity index (χ1n) is 2.32. The van der Waals surface area contributed by atoms with Crippen molar-refractivity contribution in [2.45, 2.75) is 0 Å². The number of aromatic nitrogens is 2. The van der Waals surface area contributed by atoms with Gasteiger partial charge in [0.15, 0.2) is 0 Å². The SMILES string of the molecule is O=C(C=S)n1ccnc1. The quantitative estimate of drug-likeness (QED) is 0.533. The molecule has 0 saturated heterocycles. The first kappa shape index (κ1) is 6.10. The lowest BCUT2D eigenvalue weighted by Gasteiger charge is -1.88. The van der Waals surface area contributed by atoms with Gasteiger partial charge in [-0.25, -0.2) is 4.98 Å². The Hall–Kier alpha value is -1.03. The summed E-state index contributed by atoms with van der Waals surface area (Å²) in [5.41, 5.74) is 0. The van der Waals surface area contributed by atoms with Gasteiger partial charge < -0.3 is 0 Å². The van der Waals surface area contributed by atoms with Crippen LogP contribution in [0, 0.1) is 0 Å². The van der Waals surface area contributed by atoms with Gasteiger partial charge in [-0.1, -0.05) is 12.2 Å². The molecule has 0 aliphatic rings. The molecule has 0 amide bonds. The summed E-state index contributed by atoms with van der Waals surface area (Å²) in [6.45, 7) is 0. The van der Waals surface area contributed by atoms with Crippen LogP contribution in [0.25, 0.3) is 0 Å². The lowest BCUT2D eigenvalue weighted by Crippen LogP contribution is -2.07. The zero-order valence-electron chi connectivity index (χ0n) is 4.52. The molecule has 0 radical (unpaired) electrons. The first-order chi connectivity index (χ1) is 4.34. The maximum absolute atomic E-state index is 10.6. The van der Waals surface area contributed by atoms with Crippen LogP contribution in [0.1, 0.15) is 4.79 Å². The van der Waals surface area contributed by atoms with Crippen molar-refractivity contribution >= 4 is 23.5 Å². The van der Waals surface area contributed by atoms with Gasteiger partial charge in [0.25, 0.3) is 5.91 Å². The predicted molar refractivity (Wildman–Crippen MR) is 36.5 cm³/mol. The topological polar surface area (TPSA) is 34.9 Å². The van der Waals surface area contributed by atoms with Gasteiger partial charge >= 0.3 is 0 Å². The van der Waals surface area contributed by atoms with E-state index in [0.29, 0.717) is 0 Å². The fourth-order valence-corrected chi connectivity index (χ4v) is 0.572. The van der Waals surface area contributed by atoms with Gasteiger partial charge in [0, 0.05) is 12.4 Å². The van der Waals surface area contributed by atoms with Crippen LogP contribution in [-0.4, -0.2) is 20.8 Å². The summed E-state index contributed by atoms with van der Waals surface area (Å²) < 4.78 is 1.31. The van der Waals surface area contributed by atoms with E-state index in [9.17, 15) is 4.79 Å². The molecular formula is C5H4N2OS. The Labute approximate surface area is 57.3 Å². The normalized spacial score (nSPS) is 8.89. The fourth-order valence-electron chi connectivity index (χ4n) is 0.450. The van der Waals surface area contributed by atoms with E-state index >= 15 is 0 Å². The lowest BCUT2D eigenvalue weighted by atomic mass is 10.7. The van der Waals surface area contributed by atoms with Crippen LogP contribution >= 0.6 is 12.2 Å². The highest BCUT2D eigenvalue weighted by molar-refractivity contribution is 7.80. The van der Waals surface area contributed by atoms with Gasteiger partial charge in [-0.2, -0.15) is 0 Å². The minimum Gasteiger partial charge on any atom is -0.272 e. The van der Waals surface area contributed by atoms with E-state index in [-0.39, 0.29) is 5.91 Å². The number of hydrogen-bond acceptors (Lipinski definition) is 3. The highest BCUT2D eigenvalue weighted by Crippen LogP contribution is 1.82. The molecule has 1 aromatic rings. The van der Waals surface area contributed by atoms with E-state index in [1.54, 1.807) is 6.20 Å². The smallest absolute Gasteiger partial charge is 0.266 e. The predicted octanol–water partition coefficient (Wildman–Crippen LogP) is 0.523. The van der Waals surface area contributed by atoms with Gasteiger partial charge in [-0.3, -0.25) is 9.36 Å². The Morgan fingerprint density at radius 1 is 1.78 bits per heavy atom. The zero-order valence-corrected chi connectivity index (χ0v) is 5.34. The van der Waals surface area contributed by atoms with Crippen molar-refractivity contribution in [3.8, 4) is 0 Å². The molecule has 0 spiro atoms. The van der Waals surface area contributed by atoms with Crippen molar-refractivity contribution < 1.29 is 4.79 Å². The van der Waals surface area contributed by atoms with Crippen molar-refractivity contribution in [3.05, 3.63) is 18.7 Å². The molecule has 1 heterocycles. The maximum Gasteiger partial charge on any atom is 0.266 e. The Bertz CT molecular complexity index is 217. The third kappa shape index (κ3) is 1.20. The number of rotatable bonds is 1. The average Bonchev–Trinajstić information content (AvgIpc) is 2.37. The fraction of sp³-hybridized carbons (Fsp3) is 0. The standard InChI is InChI=1S/C5H4N2OS/c8-5(3-9)7-2-1-6-4-7/h1-4H. The Kier molecular flexibility index (Phi) is 1.69. The second-order valence-corrected chi connectivity index (χ2v) is 1.66. The molecule has 1 rings (SSSR count). The second kappa shape index (κ2) is 2.50. The number of carbonyl (C=O) groups is 1. The average molecular weight is 140 g/mol. The summed E-state index contributed by atoms with van der Waals surface area (Å²) in [6, 6.07) is 0. The summed E-state index contributed by atoms with van der Waals surface area (Å²) in [6.07, 6.45) is 4.48. The van der Waals surface area contributed by atoms with Crippen LogP contribution in [0.15, 0.2) is 18.7 Å². The molecule has 0 aliphatic heterocycles. The number of hydrogen-bond donors (Lipinski definition) is 0. The summed E-state index contributed by atoms with van der Waals surface area (Å²) in [7, 11) is 0. The molecule has 0 fully saturated rings. The number of thiocarbonyl (C=S) groups is 1. The molecule has 0 atom stereocenters.